The van der Waals surface area contributed by atoms with Crippen molar-refractivity contribution in [3.05, 3.63) is 231 Å². The minimum Gasteiger partial charge on any atom is -0.456 e. The van der Waals surface area contributed by atoms with E-state index in [0.717, 1.165) is 121 Å². The first kappa shape index (κ1) is 38.9. The third kappa shape index (κ3) is 6.47. The van der Waals surface area contributed by atoms with Crippen molar-refractivity contribution in [1.82, 2.24) is 19.9 Å². The Hall–Kier alpha value is -9.32. The molecule has 0 radical (unpaired) electrons. The van der Waals surface area contributed by atoms with Crippen molar-refractivity contribution in [1.29, 1.82) is 0 Å². The van der Waals surface area contributed by atoms with Gasteiger partial charge >= 0.3 is 0 Å². The van der Waals surface area contributed by atoms with Gasteiger partial charge in [-0.3, -0.25) is 4.98 Å². The zero-order valence-electron chi connectivity index (χ0n) is 37.1. The predicted octanol–water partition coefficient (Wildman–Crippen LogP) is 16.9. The molecular formula is C64H38N4O. The maximum Gasteiger partial charge on any atom is 0.160 e. The summed E-state index contributed by atoms with van der Waals surface area (Å²) in [6.45, 7) is 0. The molecule has 11 aromatic carbocycles. The monoisotopic (exact) mass is 878 g/mol. The molecular weight excluding hydrogens is 841 g/mol. The summed E-state index contributed by atoms with van der Waals surface area (Å²) in [4.78, 5) is 21.5. The number of hydrogen-bond donors (Lipinski definition) is 0. The van der Waals surface area contributed by atoms with Crippen LogP contribution in [0.4, 0.5) is 0 Å². The van der Waals surface area contributed by atoms with Crippen LogP contribution in [0.3, 0.4) is 0 Å². The number of rotatable bonds is 6. The van der Waals surface area contributed by atoms with Crippen LogP contribution in [0.25, 0.3) is 143 Å². The maximum absolute atomic E-state index is 6.63. The zero-order valence-corrected chi connectivity index (χ0v) is 37.1. The first-order valence-corrected chi connectivity index (χ1v) is 23.3. The third-order valence-electron chi connectivity index (χ3n) is 13.7. The van der Waals surface area contributed by atoms with E-state index in [4.69, 9.17) is 24.4 Å². The van der Waals surface area contributed by atoms with Crippen LogP contribution in [-0.4, -0.2) is 19.9 Å². The van der Waals surface area contributed by atoms with E-state index in [0.29, 0.717) is 5.82 Å². The van der Waals surface area contributed by atoms with Gasteiger partial charge in [0.25, 0.3) is 0 Å². The largest absolute Gasteiger partial charge is 0.456 e. The number of hydrogen-bond acceptors (Lipinski definition) is 5. The minimum absolute atomic E-state index is 0.598. The van der Waals surface area contributed by atoms with E-state index in [-0.39, 0.29) is 0 Å². The van der Waals surface area contributed by atoms with E-state index in [9.17, 15) is 0 Å². The maximum atomic E-state index is 6.63. The van der Waals surface area contributed by atoms with Gasteiger partial charge < -0.3 is 4.42 Å². The lowest BCUT2D eigenvalue weighted by molar-refractivity contribution is 0.669. The quantitative estimate of drug-likeness (QED) is 0.156. The van der Waals surface area contributed by atoms with Crippen molar-refractivity contribution >= 4 is 76.1 Å². The van der Waals surface area contributed by atoms with Gasteiger partial charge in [-0.25, -0.2) is 15.0 Å². The van der Waals surface area contributed by atoms with Gasteiger partial charge in [0.2, 0.25) is 0 Å². The molecule has 0 atom stereocenters. The highest BCUT2D eigenvalue weighted by atomic mass is 16.3. The average molecular weight is 879 g/mol. The fourth-order valence-electron chi connectivity index (χ4n) is 10.4. The molecule has 14 aromatic rings. The molecule has 5 heteroatoms. The van der Waals surface area contributed by atoms with E-state index < -0.39 is 0 Å². The molecule has 0 aliphatic heterocycles. The number of benzene rings is 11. The summed E-state index contributed by atoms with van der Waals surface area (Å²) in [7, 11) is 0. The lowest BCUT2D eigenvalue weighted by Crippen LogP contribution is -1.98. The molecule has 0 aliphatic rings. The topological polar surface area (TPSA) is 64.7 Å². The second-order valence-corrected chi connectivity index (χ2v) is 17.7. The summed E-state index contributed by atoms with van der Waals surface area (Å²) < 4.78 is 6.63. The van der Waals surface area contributed by atoms with Crippen molar-refractivity contribution in [3.63, 3.8) is 0 Å². The van der Waals surface area contributed by atoms with Gasteiger partial charge in [0.15, 0.2) is 5.82 Å². The molecule has 0 saturated heterocycles. The number of nitrogens with zero attached hydrogens (tertiary/aromatic N) is 4. The summed E-state index contributed by atoms with van der Waals surface area (Å²) in [5.41, 5.74) is 13.9. The number of aromatic nitrogens is 4. The lowest BCUT2D eigenvalue weighted by atomic mass is 9.91. The molecule has 0 amide bonds. The van der Waals surface area contributed by atoms with Crippen LogP contribution < -0.4 is 0 Å². The number of fused-ring (bicyclic) bond motifs is 12. The second-order valence-electron chi connectivity index (χ2n) is 17.7. The van der Waals surface area contributed by atoms with E-state index >= 15 is 0 Å². The van der Waals surface area contributed by atoms with Crippen LogP contribution in [-0.2, 0) is 0 Å². The first-order chi connectivity index (χ1) is 34.2. The summed E-state index contributed by atoms with van der Waals surface area (Å²) >= 11 is 0. The van der Waals surface area contributed by atoms with E-state index in [1.54, 1.807) is 0 Å². The molecule has 0 N–H and O–H groups in total. The van der Waals surface area contributed by atoms with Gasteiger partial charge in [0.05, 0.1) is 34.3 Å². The predicted molar refractivity (Wildman–Crippen MR) is 285 cm³/mol. The van der Waals surface area contributed by atoms with Gasteiger partial charge in [-0.1, -0.05) is 176 Å². The van der Waals surface area contributed by atoms with Crippen LogP contribution in [0, 0.1) is 0 Å². The zero-order chi connectivity index (χ0) is 45.4. The van der Waals surface area contributed by atoms with Crippen molar-refractivity contribution < 1.29 is 4.42 Å². The molecule has 320 valence electrons. The van der Waals surface area contributed by atoms with Crippen molar-refractivity contribution in [2.24, 2.45) is 0 Å². The van der Waals surface area contributed by atoms with Crippen molar-refractivity contribution in [3.8, 4) is 67.4 Å². The molecule has 5 nitrogen and oxygen atoms in total. The number of furan rings is 1. The molecule has 3 aromatic heterocycles. The Labute approximate surface area is 396 Å². The Bertz CT molecular complexity index is 4330. The van der Waals surface area contributed by atoms with E-state index in [1.165, 1.54) is 16.2 Å². The molecule has 0 aliphatic carbocycles. The normalized spacial score (nSPS) is 11.8. The fourth-order valence-corrected chi connectivity index (χ4v) is 10.4. The summed E-state index contributed by atoms with van der Waals surface area (Å²) in [6, 6.07) is 78.9. The van der Waals surface area contributed by atoms with Gasteiger partial charge in [-0.2, -0.15) is 0 Å². The third-order valence-corrected chi connectivity index (χ3v) is 13.7. The average Bonchev–Trinajstić information content (AvgIpc) is 3.81. The molecule has 3 heterocycles. The highest BCUT2D eigenvalue weighted by Crippen LogP contribution is 2.42. The highest BCUT2D eigenvalue weighted by Gasteiger charge is 2.20. The molecule has 14 rings (SSSR count). The van der Waals surface area contributed by atoms with E-state index in [1.807, 2.05) is 24.4 Å². The van der Waals surface area contributed by atoms with Gasteiger partial charge in [0, 0.05) is 43.8 Å². The Kier molecular flexibility index (Phi) is 8.83. The SMILES string of the molecule is c1ccc(-c2cc(-c3ccc4c(c3)oc3cccc(-c5ccccc5)c34)nc(-c3cc(-c4cnc5c6ccccc6c6ccccc6c5n4)cc(-c4cc5ccccc5c5ccccc45)c3)n2)cc1. The summed E-state index contributed by atoms with van der Waals surface area (Å²) in [5.74, 6) is 0.598. The summed E-state index contributed by atoms with van der Waals surface area (Å²) in [5, 5.41) is 11.4. The van der Waals surface area contributed by atoms with Crippen molar-refractivity contribution in [2.75, 3.05) is 0 Å². The van der Waals surface area contributed by atoms with Crippen LogP contribution >= 0.6 is 0 Å². The Morgan fingerprint density at radius 3 is 1.64 bits per heavy atom. The van der Waals surface area contributed by atoms with Gasteiger partial charge in [-0.15, -0.1) is 0 Å². The smallest absolute Gasteiger partial charge is 0.160 e. The molecule has 0 bridgehead atoms. The molecule has 0 unspecified atom stereocenters. The van der Waals surface area contributed by atoms with E-state index in [2.05, 4.69) is 206 Å². The molecule has 0 saturated carbocycles. The summed E-state index contributed by atoms with van der Waals surface area (Å²) in [6.07, 6.45) is 1.92. The van der Waals surface area contributed by atoms with Gasteiger partial charge in [-0.05, 0) is 103 Å². The Morgan fingerprint density at radius 1 is 0.290 bits per heavy atom. The second kappa shape index (κ2) is 15.7. The minimum atomic E-state index is 0.598. The molecule has 69 heavy (non-hydrogen) atoms. The highest BCUT2D eigenvalue weighted by molar-refractivity contribution is 6.23. The lowest BCUT2D eigenvalue weighted by Gasteiger charge is -2.15. The van der Waals surface area contributed by atoms with Gasteiger partial charge in [0.1, 0.15) is 11.2 Å². The molecule has 0 spiro atoms. The first-order valence-electron chi connectivity index (χ1n) is 23.3. The standard InChI is InChI=1S/C64H38N4O/c1-3-16-39(17-4-1)47-28-15-29-59-61(47)54-31-30-42(36-60(54)69-59)57-37-56(40-18-5-2-6-19-40)67-64(68-57)45-33-43(55-35-41-20-7-8-21-46(41)48-22-9-10-25-51(48)55)32-44(34-45)58-38-65-62-52-26-13-11-23-49(52)50-24-12-14-27-53(50)63(62)66-58/h1-38H. The van der Waals surface area contributed by atoms with Crippen LogP contribution in [0.5, 0.6) is 0 Å². The van der Waals surface area contributed by atoms with Crippen LogP contribution in [0.15, 0.2) is 235 Å². The van der Waals surface area contributed by atoms with Crippen molar-refractivity contribution in [2.45, 2.75) is 0 Å². The Morgan fingerprint density at radius 2 is 0.884 bits per heavy atom. The molecule has 0 fully saturated rings. The fraction of sp³-hybridized carbons (Fsp3) is 0. The van der Waals surface area contributed by atoms with Crippen LogP contribution in [0.1, 0.15) is 0 Å². The van der Waals surface area contributed by atoms with Crippen LogP contribution in [0.2, 0.25) is 0 Å². The Balaban J connectivity index is 1.01.